The molecule has 1 atom stereocenters. The first-order valence-corrected chi connectivity index (χ1v) is 7.40. The van der Waals surface area contributed by atoms with Crippen molar-refractivity contribution in [1.82, 2.24) is 10.6 Å². The maximum atomic E-state index is 11.6. The summed E-state index contributed by atoms with van der Waals surface area (Å²) in [5.41, 5.74) is 1.35. The Morgan fingerprint density at radius 2 is 1.89 bits per heavy atom. The normalized spacial score (nSPS) is 20.0. The Morgan fingerprint density at radius 1 is 1.16 bits per heavy atom. The van der Waals surface area contributed by atoms with Gasteiger partial charge in [0.05, 0.1) is 0 Å². The molecule has 0 saturated heterocycles. The van der Waals surface area contributed by atoms with E-state index in [2.05, 4.69) is 41.0 Å². The van der Waals surface area contributed by atoms with Crippen LogP contribution >= 0.6 is 0 Å². The van der Waals surface area contributed by atoms with Crippen LogP contribution in [0.3, 0.4) is 0 Å². The topological polar surface area (TPSA) is 41.1 Å². The van der Waals surface area contributed by atoms with Gasteiger partial charge in [0.1, 0.15) is 0 Å². The molecule has 0 aromatic heterocycles. The van der Waals surface area contributed by atoms with Gasteiger partial charge in [0.15, 0.2) is 0 Å². The fourth-order valence-corrected chi connectivity index (χ4v) is 2.52. The van der Waals surface area contributed by atoms with Crippen LogP contribution in [-0.2, 0) is 4.79 Å². The highest BCUT2D eigenvalue weighted by Crippen LogP contribution is 2.40. The number of rotatable bonds is 7. The van der Waals surface area contributed by atoms with E-state index < -0.39 is 0 Å². The van der Waals surface area contributed by atoms with Gasteiger partial charge in [0, 0.05) is 25.0 Å². The maximum Gasteiger partial charge on any atom is 0.221 e. The number of carbonyl (C=O) groups is 1. The molecule has 3 rings (SSSR count). The van der Waals surface area contributed by atoms with Crippen molar-refractivity contribution in [2.75, 3.05) is 6.54 Å². The molecule has 2 aliphatic rings. The molecule has 0 bridgehead atoms. The summed E-state index contributed by atoms with van der Waals surface area (Å²) < 4.78 is 0. The number of amides is 1. The van der Waals surface area contributed by atoms with Crippen molar-refractivity contribution in [3.8, 4) is 0 Å². The van der Waals surface area contributed by atoms with Crippen molar-refractivity contribution >= 4 is 5.91 Å². The first-order valence-electron chi connectivity index (χ1n) is 7.40. The van der Waals surface area contributed by atoms with Crippen molar-refractivity contribution in [3.05, 3.63) is 35.9 Å². The molecule has 3 nitrogen and oxygen atoms in total. The van der Waals surface area contributed by atoms with Crippen LogP contribution in [0.1, 0.15) is 43.7 Å². The smallest absolute Gasteiger partial charge is 0.221 e. The molecule has 1 aromatic carbocycles. The maximum absolute atomic E-state index is 11.6. The van der Waals surface area contributed by atoms with Gasteiger partial charge in [-0.25, -0.2) is 0 Å². The van der Waals surface area contributed by atoms with Crippen molar-refractivity contribution in [1.29, 1.82) is 0 Å². The lowest BCUT2D eigenvalue weighted by atomic mass is 10.0. The molecule has 102 valence electrons. The summed E-state index contributed by atoms with van der Waals surface area (Å²) in [7, 11) is 0. The van der Waals surface area contributed by atoms with Gasteiger partial charge in [-0.05, 0) is 37.2 Å². The average molecular weight is 258 g/mol. The van der Waals surface area contributed by atoms with Gasteiger partial charge in [-0.2, -0.15) is 0 Å². The summed E-state index contributed by atoms with van der Waals surface area (Å²) in [6.07, 6.45) is 5.52. The zero-order chi connectivity index (χ0) is 13.1. The third-order valence-electron chi connectivity index (χ3n) is 3.91. The molecule has 2 aliphatic carbocycles. The second kappa shape index (κ2) is 5.74. The van der Waals surface area contributed by atoms with E-state index in [1.165, 1.54) is 18.4 Å². The molecular formula is C16H22N2O. The number of carbonyl (C=O) groups excluding carboxylic acids is 1. The molecule has 2 saturated carbocycles. The third-order valence-corrected chi connectivity index (χ3v) is 3.91. The zero-order valence-corrected chi connectivity index (χ0v) is 11.3. The molecule has 19 heavy (non-hydrogen) atoms. The van der Waals surface area contributed by atoms with Crippen LogP contribution in [-0.4, -0.2) is 18.5 Å². The van der Waals surface area contributed by atoms with Gasteiger partial charge in [-0.3, -0.25) is 4.79 Å². The highest BCUT2D eigenvalue weighted by molar-refractivity contribution is 5.76. The number of benzene rings is 1. The van der Waals surface area contributed by atoms with E-state index in [0.717, 1.165) is 25.3 Å². The van der Waals surface area contributed by atoms with Gasteiger partial charge in [-0.1, -0.05) is 30.3 Å². The number of nitrogens with one attached hydrogen (secondary N) is 2. The summed E-state index contributed by atoms with van der Waals surface area (Å²) in [6, 6.07) is 11.5. The second-order valence-corrected chi connectivity index (χ2v) is 5.77. The van der Waals surface area contributed by atoms with Crippen LogP contribution in [0.2, 0.25) is 0 Å². The summed E-state index contributed by atoms with van der Waals surface area (Å²) in [5.74, 6) is 0.950. The number of hydrogen-bond donors (Lipinski definition) is 2. The van der Waals surface area contributed by atoms with Crippen LogP contribution in [0, 0.1) is 5.92 Å². The van der Waals surface area contributed by atoms with Gasteiger partial charge >= 0.3 is 0 Å². The van der Waals surface area contributed by atoms with E-state index in [-0.39, 0.29) is 5.91 Å². The van der Waals surface area contributed by atoms with Crippen molar-refractivity contribution in [3.63, 3.8) is 0 Å². The standard InChI is InChI=1S/C16H22N2O/c19-15(18-14-8-9-14)10-11-17-16(13-6-7-13)12-4-2-1-3-5-12/h1-5,13-14,16-17H,6-11H2,(H,18,19). The van der Waals surface area contributed by atoms with Crippen molar-refractivity contribution < 1.29 is 4.79 Å². The van der Waals surface area contributed by atoms with E-state index >= 15 is 0 Å². The summed E-state index contributed by atoms with van der Waals surface area (Å²) in [6.45, 7) is 0.772. The molecule has 1 aromatic rings. The van der Waals surface area contributed by atoms with Crippen LogP contribution in [0.5, 0.6) is 0 Å². The fraction of sp³-hybridized carbons (Fsp3) is 0.562. The largest absolute Gasteiger partial charge is 0.353 e. The predicted molar refractivity (Wildman–Crippen MR) is 75.7 cm³/mol. The van der Waals surface area contributed by atoms with Gasteiger partial charge in [0.25, 0.3) is 0 Å². The predicted octanol–water partition coefficient (Wildman–Crippen LogP) is 2.40. The van der Waals surface area contributed by atoms with E-state index in [0.29, 0.717) is 18.5 Å². The molecule has 3 heteroatoms. The highest BCUT2D eigenvalue weighted by Gasteiger charge is 2.31. The average Bonchev–Trinajstić information content (AvgIpc) is 3.29. The van der Waals surface area contributed by atoms with Crippen LogP contribution in [0.15, 0.2) is 30.3 Å². The monoisotopic (exact) mass is 258 g/mol. The second-order valence-electron chi connectivity index (χ2n) is 5.77. The Labute approximate surface area is 114 Å². The van der Waals surface area contributed by atoms with E-state index in [1.807, 2.05) is 0 Å². The SMILES string of the molecule is O=C(CCNC(c1ccccc1)C1CC1)NC1CC1. The summed E-state index contributed by atoms with van der Waals surface area (Å²) in [4.78, 5) is 11.6. The summed E-state index contributed by atoms with van der Waals surface area (Å²) >= 11 is 0. The molecule has 1 unspecified atom stereocenters. The molecular weight excluding hydrogens is 236 g/mol. The Balaban J connectivity index is 1.47. The Kier molecular flexibility index (Phi) is 3.83. The first kappa shape index (κ1) is 12.7. The quantitative estimate of drug-likeness (QED) is 0.788. The minimum absolute atomic E-state index is 0.192. The zero-order valence-electron chi connectivity index (χ0n) is 11.3. The minimum atomic E-state index is 0.192. The molecule has 1 amide bonds. The fourth-order valence-electron chi connectivity index (χ4n) is 2.52. The Morgan fingerprint density at radius 3 is 2.53 bits per heavy atom. The highest BCUT2D eigenvalue weighted by atomic mass is 16.1. The molecule has 0 spiro atoms. The molecule has 2 N–H and O–H groups in total. The van der Waals surface area contributed by atoms with Gasteiger partial charge < -0.3 is 10.6 Å². The Bertz CT molecular complexity index is 424. The first-order chi connectivity index (χ1) is 9.33. The lowest BCUT2D eigenvalue weighted by Gasteiger charge is -2.18. The summed E-state index contributed by atoms with van der Waals surface area (Å²) in [5, 5.41) is 6.59. The van der Waals surface area contributed by atoms with Gasteiger partial charge in [-0.15, -0.1) is 0 Å². The lowest BCUT2D eigenvalue weighted by molar-refractivity contribution is -0.121. The number of hydrogen-bond acceptors (Lipinski definition) is 2. The van der Waals surface area contributed by atoms with E-state index in [1.54, 1.807) is 0 Å². The van der Waals surface area contributed by atoms with E-state index in [4.69, 9.17) is 0 Å². The van der Waals surface area contributed by atoms with Gasteiger partial charge in [0.2, 0.25) is 5.91 Å². The molecule has 0 radical (unpaired) electrons. The van der Waals surface area contributed by atoms with Crippen molar-refractivity contribution in [2.24, 2.45) is 5.92 Å². The minimum Gasteiger partial charge on any atom is -0.353 e. The van der Waals surface area contributed by atoms with Crippen molar-refractivity contribution in [2.45, 2.75) is 44.2 Å². The van der Waals surface area contributed by atoms with E-state index in [9.17, 15) is 4.79 Å². The molecule has 0 aliphatic heterocycles. The Hall–Kier alpha value is -1.35. The molecule has 0 heterocycles. The molecule has 2 fully saturated rings. The van der Waals surface area contributed by atoms with Crippen LogP contribution in [0.4, 0.5) is 0 Å². The van der Waals surface area contributed by atoms with Crippen LogP contribution < -0.4 is 10.6 Å². The third kappa shape index (κ3) is 3.80. The van der Waals surface area contributed by atoms with Crippen LogP contribution in [0.25, 0.3) is 0 Å². The lowest BCUT2D eigenvalue weighted by Crippen LogP contribution is -2.31.